The minimum Gasteiger partial charge on any atom is -0.381 e. The summed E-state index contributed by atoms with van der Waals surface area (Å²) < 4.78 is 0. The first-order valence-electron chi connectivity index (χ1n) is 8.78. The molecule has 0 spiro atoms. The van der Waals surface area contributed by atoms with Crippen LogP contribution in [0.1, 0.15) is 33.0 Å². The molecule has 1 aromatic heterocycles. The summed E-state index contributed by atoms with van der Waals surface area (Å²) in [7, 11) is 0. The van der Waals surface area contributed by atoms with Crippen LogP contribution in [0.25, 0.3) is 0 Å². The van der Waals surface area contributed by atoms with Gasteiger partial charge in [0.25, 0.3) is 5.91 Å². The molecule has 4 rings (SSSR count). The van der Waals surface area contributed by atoms with Gasteiger partial charge in [-0.3, -0.25) is 14.6 Å². The lowest BCUT2D eigenvalue weighted by atomic mass is 9.85. The molecule has 0 aliphatic carbocycles. The van der Waals surface area contributed by atoms with Crippen LogP contribution in [0.2, 0.25) is 0 Å². The first kappa shape index (κ1) is 17.6. The number of nitrogens with zero attached hydrogens (tertiary/aromatic N) is 2. The van der Waals surface area contributed by atoms with E-state index in [1.807, 2.05) is 24.3 Å². The fourth-order valence-electron chi connectivity index (χ4n) is 3.27. The number of rotatable bonds is 5. The van der Waals surface area contributed by atoms with Gasteiger partial charge in [0.15, 0.2) is 5.78 Å². The molecule has 28 heavy (non-hydrogen) atoms. The predicted molar refractivity (Wildman–Crippen MR) is 104 cm³/mol. The number of primary amides is 1. The molecule has 2 aromatic carbocycles. The van der Waals surface area contributed by atoms with Crippen LogP contribution in [-0.2, 0) is 9.63 Å². The van der Waals surface area contributed by atoms with E-state index in [0.717, 1.165) is 11.1 Å². The smallest absolute Gasteiger partial charge is 0.262 e. The number of hydrogen-bond donors (Lipinski definition) is 1. The Morgan fingerprint density at radius 1 is 0.893 bits per heavy atom. The largest absolute Gasteiger partial charge is 0.381 e. The highest BCUT2D eigenvalue weighted by Gasteiger charge is 2.40. The van der Waals surface area contributed by atoms with Crippen molar-refractivity contribution in [1.29, 1.82) is 0 Å². The number of carbonyl (C=O) groups excluding carboxylic acids is 2. The van der Waals surface area contributed by atoms with Crippen molar-refractivity contribution < 1.29 is 14.4 Å². The standard InChI is InChI=1S/C22H17N3O3/c23-22(27)21-18(19(25-28-21)17-7-4-12-24-13-17)14-8-10-16(11-9-14)20(26)15-5-2-1-3-6-15/h1-13,18,21H,(H2,23,27). The fraction of sp³-hybridized carbons (Fsp3) is 0.0909. The molecule has 6 nitrogen and oxygen atoms in total. The van der Waals surface area contributed by atoms with E-state index in [2.05, 4.69) is 10.1 Å². The number of ketones is 1. The van der Waals surface area contributed by atoms with Gasteiger partial charge in [0.2, 0.25) is 6.10 Å². The van der Waals surface area contributed by atoms with E-state index in [4.69, 9.17) is 10.6 Å². The Balaban J connectivity index is 1.67. The lowest BCUT2D eigenvalue weighted by molar-refractivity contribution is -0.128. The Morgan fingerprint density at radius 3 is 2.25 bits per heavy atom. The van der Waals surface area contributed by atoms with Crippen LogP contribution in [0.5, 0.6) is 0 Å². The minimum atomic E-state index is -0.911. The molecule has 1 aliphatic heterocycles. The molecule has 1 amide bonds. The third kappa shape index (κ3) is 3.27. The predicted octanol–water partition coefficient (Wildman–Crippen LogP) is 2.68. The average molecular weight is 371 g/mol. The van der Waals surface area contributed by atoms with E-state index in [-0.39, 0.29) is 5.78 Å². The molecule has 2 N–H and O–H groups in total. The highest BCUT2D eigenvalue weighted by Crippen LogP contribution is 2.32. The quantitative estimate of drug-likeness (QED) is 0.698. The summed E-state index contributed by atoms with van der Waals surface area (Å²) in [6.45, 7) is 0. The van der Waals surface area contributed by atoms with Crippen LogP contribution >= 0.6 is 0 Å². The molecule has 138 valence electrons. The van der Waals surface area contributed by atoms with Crippen LogP contribution < -0.4 is 5.73 Å². The minimum absolute atomic E-state index is 0.0672. The Morgan fingerprint density at radius 2 is 1.61 bits per heavy atom. The number of amides is 1. The van der Waals surface area contributed by atoms with Crippen molar-refractivity contribution >= 4 is 17.4 Å². The summed E-state index contributed by atoms with van der Waals surface area (Å²) in [6, 6.07) is 19.8. The summed E-state index contributed by atoms with van der Waals surface area (Å²) in [5, 5.41) is 4.08. The molecule has 2 heterocycles. The summed E-state index contributed by atoms with van der Waals surface area (Å²) in [5.41, 5.74) is 8.81. The van der Waals surface area contributed by atoms with Gasteiger partial charge in [0, 0.05) is 29.1 Å². The molecule has 3 aromatic rings. The number of aromatic nitrogens is 1. The van der Waals surface area contributed by atoms with Gasteiger partial charge in [-0.2, -0.15) is 0 Å². The van der Waals surface area contributed by atoms with Gasteiger partial charge < -0.3 is 10.6 Å². The van der Waals surface area contributed by atoms with Crippen LogP contribution in [0.4, 0.5) is 0 Å². The topological polar surface area (TPSA) is 94.6 Å². The Kier molecular flexibility index (Phi) is 4.68. The zero-order valence-electron chi connectivity index (χ0n) is 14.9. The molecular formula is C22H17N3O3. The normalized spacial score (nSPS) is 18.2. The lowest BCUT2D eigenvalue weighted by Crippen LogP contribution is -2.35. The van der Waals surface area contributed by atoms with Crippen molar-refractivity contribution in [3.8, 4) is 0 Å². The number of oxime groups is 1. The number of carbonyl (C=O) groups is 2. The van der Waals surface area contributed by atoms with Crippen molar-refractivity contribution in [2.24, 2.45) is 10.9 Å². The van der Waals surface area contributed by atoms with E-state index in [9.17, 15) is 9.59 Å². The van der Waals surface area contributed by atoms with Crippen LogP contribution in [0, 0.1) is 0 Å². The maximum absolute atomic E-state index is 12.6. The zero-order valence-corrected chi connectivity index (χ0v) is 14.9. The third-order valence-electron chi connectivity index (χ3n) is 4.67. The van der Waals surface area contributed by atoms with Gasteiger partial charge in [-0.05, 0) is 17.7 Å². The van der Waals surface area contributed by atoms with Crippen LogP contribution in [0.3, 0.4) is 0 Å². The summed E-state index contributed by atoms with van der Waals surface area (Å²) in [5.74, 6) is -1.14. The zero-order chi connectivity index (χ0) is 19.5. The van der Waals surface area contributed by atoms with Crippen molar-refractivity contribution in [2.75, 3.05) is 0 Å². The first-order chi connectivity index (χ1) is 13.6. The van der Waals surface area contributed by atoms with Gasteiger partial charge in [0.1, 0.15) is 5.71 Å². The molecule has 2 unspecified atom stereocenters. The van der Waals surface area contributed by atoms with Crippen molar-refractivity contribution in [2.45, 2.75) is 12.0 Å². The van der Waals surface area contributed by atoms with E-state index < -0.39 is 17.9 Å². The van der Waals surface area contributed by atoms with E-state index in [0.29, 0.717) is 16.8 Å². The van der Waals surface area contributed by atoms with E-state index >= 15 is 0 Å². The van der Waals surface area contributed by atoms with E-state index in [1.165, 1.54) is 0 Å². The highest BCUT2D eigenvalue weighted by molar-refractivity contribution is 6.10. The third-order valence-corrected chi connectivity index (χ3v) is 4.67. The fourth-order valence-corrected chi connectivity index (χ4v) is 3.27. The van der Waals surface area contributed by atoms with Gasteiger partial charge >= 0.3 is 0 Å². The lowest BCUT2D eigenvalue weighted by Gasteiger charge is -2.17. The van der Waals surface area contributed by atoms with Crippen molar-refractivity contribution in [3.05, 3.63) is 101 Å². The molecule has 6 heteroatoms. The summed E-state index contributed by atoms with van der Waals surface area (Å²) in [6.07, 6.45) is 2.40. The molecule has 0 saturated carbocycles. The number of benzene rings is 2. The van der Waals surface area contributed by atoms with Gasteiger partial charge in [0.05, 0.1) is 5.92 Å². The molecular weight excluding hydrogens is 354 g/mol. The second kappa shape index (κ2) is 7.44. The van der Waals surface area contributed by atoms with Crippen molar-refractivity contribution in [3.63, 3.8) is 0 Å². The number of pyridine rings is 1. The molecule has 1 aliphatic rings. The second-order valence-corrected chi connectivity index (χ2v) is 6.44. The van der Waals surface area contributed by atoms with Crippen LogP contribution in [0.15, 0.2) is 84.3 Å². The maximum atomic E-state index is 12.6. The monoisotopic (exact) mass is 371 g/mol. The molecule has 2 atom stereocenters. The SMILES string of the molecule is NC(=O)C1ON=C(c2cccnc2)C1c1ccc(C(=O)c2ccccc2)cc1. The molecule has 0 bridgehead atoms. The number of hydrogen-bond acceptors (Lipinski definition) is 5. The van der Waals surface area contributed by atoms with Crippen LogP contribution in [-0.4, -0.2) is 28.5 Å². The van der Waals surface area contributed by atoms with Gasteiger partial charge in [-0.1, -0.05) is 59.8 Å². The van der Waals surface area contributed by atoms with Gasteiger partial charge in [-0.15, -0.1) is 0 Å². The van der Waals surface area contributed by atoms with Gasteiger partial charge in [-0.25, -0.2) is 0 Å². The first-order valence-corrected chi connectivity index (χ1v) is 8.78. The summed E-state index contributed by atoms with van der Waals surface area (Å²) >= 11 is 0. The van der Waals surface area contributed by atoms with E-state index in [1.54, 1.807) is 54.9 Å². The highest BCUT2D eigenvalue weighted by atomic mass is 16.6. The molecule has 0 radical (unpaired) electrons. The Labute approximate surface area is 161 Å². The number of nitrogens with two attached hydrogens (primary N) is 1. The van der Waals surface area contributed by atoms with Crippen molar-refractivity contribution in [1.82, 2.24) is 4.98 Å². The molecule has 0 saturated heterocycles. The summed E-state index contributed by atoms with van der Waals surface area (Å²) in [4.78, 5) is 33.9. The second-order valence-electron chi connectivity index (χ2n) is 6.44. The Bertz CT molecular complexity index is 1030. The Hall–Kier alpha value is -3.80. The molecule has 0 fully saturated rings. The average Bonchev–Trinajstić information content (AvgIpc) is 3.20. The maximum Gasteiger partial charge on any atom is 0.262 e.